The van der Waals surface area contributed by atoms with Crippen molar-refractivity contribution in [2.75, 3.05) is 7.11 Å². The Balaban J connectivity index is 1.77. The smallest absolute Gasteiger partial charge is 0.337 e. The van der Waals surface area contributed by atoms with E-state index in [0.717, 1.165) is 5.56 Å². The van der Waals surface area contributed by atoms with E-state index >= 15 is 0 Å². The zero-order valence-electron chi connectivity index (χ0n) is 14.8. The Kier molecular flexibility index (Phi) is 5.26. The summed E-state index contributed by atoms with van der Waals surface area (Å²) in [5, 5.41) is 4.22. The molecule has 0 N–H and O–H groups in total. The van der Waals surface area contributed by atoms with Gasteiger partial charge in [0.2, 0.25) is 0 Å². The third-order valence-electron chi connectivity index (χ3n) is 4.11. The highest BCUT2D eigenvalue weighted by atomic mass is 19.1. The van der Waals surface area contributed by atoms with E-state index in [9.17, 15) is 14.0 Å². The summed E-state index contributed by atoms with van der Waals surface area (Å²) in [6.07, 6.45) is 4.61. The van der Waals surface area contributed by atoms with Crippen LogP contribution in [0.2, 0.25) is 0 Å². The van der Waals surface area contributed by atoms with Crippen LogP contribution >= 0.6 is 0 Å². The summed E-state index contributed by atoms with van der Waals surface area (Å²) < 4.78 is 19.3. The minimum atomic E-state index is -0.412. The lowest BCUT2D eigenvalue weighted by Gasteiger charge is -2.04. The SMILES string of the molecule is COC(=O)c1ccc(C=CC(=O)c2cnn(-c3ccc(F)cc3)c2C)cc1. The second-order valence-corrected chi connectivity index (χ2v) is 5.84. The molecule has 0 fully saturated rings. The van der Waals surface area contributed by atoms with Crippen molar-refractivity contribution in [3.8, 4) is 5.69 Å². The molecule has 0 aliphatic carbocycles. The number of ketones is 1. The molecule has 3 aromatic rings. The Bertz CT molecular complexity index is 1000. The van der Waals surface area contributed by atoms with Crippen LogP contribution in [0.5, 0.6) is 0 Å². The normalized spacial score (nSPS) is 10.9. The number of aromatic nitrogens is 2. The molecule has 0 atom stereocenters. The first-order valence-corrected chi connectivity index (χ1v) is 8.21. The molecular weight excluding hydrogens is 347 g/mol. The number of hydrogen-bond acceptors (Lipinski definition) is 4. The van der Waals surface area contributed by atoms with Crippen LogP contribution < -0.4 is 0 Å². The molecule has 1 heterocycles. The van der Waals surface area contributed by atoms with Gasteiger partial charge in [-0.1, -0.05) is 18.2 Å². The van der Waals surface area contributed by atoms with E-state index in [1.54, 1.807) is 54.1 Å². The minimum Gasteiger partial charge on any atom is -0.465 e. The molecule has 0 aliphatic heterocycles. The Morgan fingerprint density at radius 1 is 1.07 bits per heavy atom. The number of methoxy groups -OCH3 is 1. The van der Waals surface area contributed by atoms with Gasteiger partial charge in [-0.25, -0.2) is 13.9 Å². The van der Waals surface area contributed by atoms with Crippen LogP contribution in [-0.2, 0) is 4.74 Å². The average molecular weight is 364 g/mol. The van der Waals surface area contributed by atoms with Crippen molar-refractivity contribution in [3.05, 3.63) is 89.0 Å². The van der Waals surface area contributed by atoms with Gasteiger partial charge in [-0.05, 0) is 55.0 Å². The van der Waals surface area contributed by atoms with Crippen molar-refractivity contribution in [2.45, 2.75) is 6.92 Å². The van der Waals surface area contributed by atoms with Crippen LogP contribution in [0.25, 0.3) is 11.8 Å². The fourth-order valence-electron chi connectivity index (χ4n) is 2.60. The molecule has 0 saturated carbocycles. The molecule has 0 bridgehead atoms. The summed E-state index contributed by atoms with van der Waals surface area (Å²) in [5.41, 5.74) is 3.02. The zero-order chi connectivity index (χ0) is 19.4. The number of ether oxygens (including phenoxy) is 1. The predicted molar refractivity (Wildman–Crippen MR) is 99.4 cm³/mol. The van der Waals surface area contributed by atoms with Crippen molar-refractivity contribution in [1.82, 2.24) is 9.78 Å². The number of carbonyl (C=O) groups excluding carboxylic acids is 2. The first-order chi connectivity index (χ1) is 13.0. The van der Waals surface area contributed by atoms with Crippen LogP contribution in [0, 0.1) is 12.7 Å². The van der Waals surface area contributed by atoms with Crippen molar-refractivity contribution in [2.24, 2.45) is 0 Å². The lowest BCUT2D eigenvalue weighted by molar-refractivity contribution is 0.0600. The number of rotatable bonds is 5. The molecule has 0 radical (unpaired) electrons. The molecule has 3 rings (SSSR count). The van der Waals surface area contributed by atoms with Gasteiger partial charge in [0.05, 0.1) is 35.8 Å². The number of halogens is 1. The molecule has 27 heavy (non-hydrogen) atoms. The number of hydrogen-bond donors (Lipinski definition) is 0. The maximum atomic E-state index is 13.1. The highest BCUT2D eigenvalue weighted by molar-refractivity contribution is 6.07. The molecule has 6 heteroatoms. The molecular formula is C21H17FN2O3. The third-order valence-corrected chi connectivity index (χ3v) is 4.11. The Morgan fingerprint density at radius 2 is 1.74 bits per heavy atom. The van der Waals surface area contributed by atoms with Gasteiger partial charge in [-0.15, -0.1) is 0 Å². The summed E-state index contributed by atoms with van der Waals surface area (Å²) in [4.78, 5) is 23.9. The highest BCUT2D eigenvalue weighted by Crippen LogP contribution is 2.16. The quantitative estimate of drug-likeness (QED) is 0.390. The fraction of sp³-hybridized carbons (Fsp3) is 0.0952. The molecule has 0 spiro atoms. The largest absolute Gasteiger partial charge is 0.465 e. The molecule has 2 aromatic carbocycles. The second kappa shape index (κ2) is 7.78. The van der Waals surface area contributed by atoms with Gasteiger partial charge in [0.15, 0.2) is 5.78 Å². The Morgan fingerprint density at radius 3 is 2.37 bits per heavy atom. The molecule has 0 amide bonds. The van der Waals surface area contributed by atoms with Crippen molar-refractivity contribution < 1.29 is 18.7 Å². The average Bonchev–Trinajstić information content (AvgIpc) is 3.08. The summed E-state index contributed by atoms with van der Waals surface area (Å²) in [6, 6.07) is 12.6. The van der Waals surface area contributed by atoms with Crippen molar-refractivity contribution >= 4 is 17.8 Å². The summed E-state index contributed by atoms with van der Waals surface area (Å²) in [7, 11) is 1.32. The van der Waals surface area contributed by atoms with Gasteiger partial charge in [-0.2, -0.15) is 5.10 Å². The van der Waals surface area contributed by atoms with Crippen LogP contribution in [-0.4, -0.2) is 28.6 Å². The van der Waals surface area contributed by atoms with E-state index in [1.807, 2.05) is 0 Å². The van der Waals surface area contributed by atoms with Gasteiger partial charge >= 0.3 is 5.97 Å². The standard InChI is InChI=1S/C21H17FN2O3/c1-14-19(13-23-24(14)18-10-8-17(22)9-11-18)20(25)12-5-15-3-6-16(7-4-15)21(26)27-2/h3-13H,1-2H3. The number of benzene rings is 2. The maximum Gasteiger partial charge on any atom is 0.337 e. The molecule has 136 valence electrons. The predicted octanol–water partition coefficient (Wildman–Crippen LogP) is 4.00. The van der Waals surface area contributed by atoms with Gasteiger partial charge < -0.3 is 4.74 Å². The third kappa shape index (κ3) is 4.00. The zero-order valence-corrected chi connectivity index (χ0v) is 14.8. The van der Waals surface area contributed by atoms with Gasteiger partial charge in [0, 0.05) is 0 Å². The topological polar surface area (TPSA) is 61.2 Å². The van der Waals surface area contributed by atoms with Crippen LogP contribution in [0.15, 0.2) is 60.8 Å². The maximum absolute atomic E-state index is 13.1. The molecule has 0 unspecified atom stereocenters. The van der Waals surface area contributed by atoms with Crippen molar-refractivity contribution in [3.63, 3.8) is 0 Å². The summed E-state index contributed by atoms with van der Waals surface area (Å²) >= 11 is 0. The highest BCUT2D eigenvalue weighted by Gasteiger charge is 2.13. The van der Waals surface area contributed by atoms with Crippen LogP contribution in [0.1, 0.15) is 32.0 Å². The molecule has 0 aliphatic rings. The van der Waals surface area contributed by atoms with E-state index in [1.165, 1.54) is 31.5 Å². The minimum absolute atomic E-state index is 0.196. The van der Waals surface area contributed by atoms with E-state index < -0.39 is 5.97 Å². The van der Waals surface area contributed by atoms with Gasteiger partial charge in [-0.3, -0.25) is 4.79 Å². The van der Waals surface area contributed by atoms with Crippen LogP contribution in [0.3, 0.4) is 0 Å². The number of carbonyl (C=O) groups is 2. The first-order valence-electron chi connectivity index (χ1n) is 8.21. The van der Waals surface area contributed by atoms with Crippen molar-refractivity contribution in [1.29, 1.82) is 0 Å². The molecule has 0 saturated heterocycles. The number of nitrogens with zero attached hydrogens (tertiary/aromatic N) is 2. The second-order valence-electron chi connectivity index (χ2n) is 5.84. The molecule has 5 nitrogen and oxygen atoms in total. The summed E-state index contributed by atoms with van der Waals surface area (Å²) in [6.45, 7) is 1.78. The van der Waals surface area contributed by atoms with Crippen LogP contribution in [0.4, 0.5) is 4.39 Å². The van der Waals surface area contributed by atoms with Gasteiger partial charge in [0.1, 0.15) is 5.82 Å². The van der Waals surface area contributed by atoms with E-state index in [0.29, 0.717) is 22.5 Å². The monoisotopic (exact) mass is 364 g/mol. The first kappa shape index (κ1) is 18.3. The van der Waals surface area contributed by atoms with E-state index in [2.05, 4.69) is 9.84 Å². The Hall–Kier alpha value is -3.54. The molecule has 1 aromatic heterocycles. The summed E-state index contributed by atoms with van der Waals surface area (Å²) in [5.74, 6) is -0.940. The number of esters is 1. The van der Waals surface area contributed by atoms with Gasteiger partial charge in [0.25, 0.3) is 0 Å². The Labute approximate surface area is 155 Å². The van der Waals surface area contributed by atoms with E-state index in [-0.39, 0.29) is 11.6 Å². The van der Waals surface area contributed by atoms with E-state index in [4.69, 9.17) is 0 Å². The lowest BCUT2D eigenvalue weighted by Crippen LogP contribution is -2.02. The fourth-order valence-corrected chi connectivity index (χ4v) is 2.60. The lowest BCUT2D eigenvalue weighted by atomic mass is 10.1. The number of allylic oxidation sites excluding steroid dienone is 1.